The normalized spacial score (nSPS) is 12.8. The topological polar surface area (TPSA) is 33.4 Å². The molecule has 2 nitrogen and oxygen atoms in total. The Morgan fingerprint density at radius 1 is 1.15 bits per heavy atom. The fourth-order valence-corrected chi connectivity index (χ4v) is 2.82. The third-order valence-corrected chi connectivity index (χ3v) is 3.84. The average molecular weight is 356 g/mol. The molecule has 1 N–H and O–H groups in total. The second-order valence-electron chi connectivity index (χ2n) is 4.40. The molecule has 2 aromatic carbocycles. The Balaban J connectivity index is 2.05. The predicted octanol–water partition coefficient (Wildman–Crippen LogP) is 5.07. The molecule has 0 aliphatic rings. The maximum Gasteiger partial charge on any atom is 0.138 e. The van der Waals surface area contributed by atoms with Crippen LogP contribution in [0.5, 0.6) is 0 Å². The molecule has 0 aliphatic carbocycles. The number of furan rings is 1. The molecule has 20 heavy (non-hydrogen) atoms. The number of aliphatic hydroxyl groups excluding tert-OH is 1. The van der Waals surface area contributed by atoms with Gasteiger partial charge < -0.3 is 9.52 Å². The van der Waals surface area contributed by atoms with Crippen molar-refractivity contribution in [3.05, 3.63) is 69.1 Å². The molecule has 0 saturated carbocycles. The van der Waals surface area contributed by atoms with Crippen molar-refractivity contribution in [2.24, 2.45) is 0 Å². The van der Waals surface area contributed by atoms with Gasteiger partial charge in [-0.2, -0.15) is 0 Å². The second kappa shape index (κ2) is 5.20. The molecule has 1 aromatic heterocycles. The van der Waals surface area contributed by atoms with Crippen molar-refractivity contribution in [1.29, 1.82) is 0 Å². The number of hydrogen-bond donors (Lipinski definition) is 1. The van der Waals surface area contributed by atoms with E-state index in [1.54, 1.807) is 24.3 Å². The molecule has 1 heterocycles. The summed E-state index contributed by atoms with van der Waals surface area (Å²) in [6.07, 6.45) is -0.994. The Morgan fingerprint density at radius 2 is 1.95 bits per heavy atom. The van der Waals surface area contributed by atoms with Gasteiger partial charge in [0.05, 0.1) is 0 Å². The van der Waals surface area contributed by atoms with Crippen molar-refractivity contribution in [2.75, 3.05) is 0 Å². The number of fused-ring (bicyclic) bond motifs is 1. The van der Waals surface area contributed by atoms with Crippen LogP contribution in [0.3, 0.4) is 0 Å². The van der Waals surface area contributed by atoms with Crippen LogP contribution in [0.1, 0.15) is 17.4 Å². The summed E-state index contributed by atoms with van der Waals surface area (Å²) in [6, 6.07) is 11.0. The van der Waals surface area contributed by atoms with E-state index in [1.807, 2.05) is 0 Å². The van der Waals surface area contributed by atoms with Crippen LogP contribution in [0.4, 0.5) is 4.39 Å². The van der Waals surface area contributed by atoms with Gasteiger partial charge >= 0.3 is 0 Å². The van der Waals surface area contributed by atoms with Crippen LogP contribution in [0.25, 0.3) is 11.0 Å². The Labute approximate surface area is 127 Å². The summed E-state index contributed by atoms with van der Waals surface area (Å²) in [5.74, 6) is -0.0177. The molecular formula is C15H9BrClFO2. The number of benzene rings is 2. The fourth-order valence-electron chi connectivity index (χ4n) is 2.05. The predicted molar refractivity (Wildman–Crippen MR) is 79.4 cm³/mol. The molecule has 3 aromatic rings. The molecule has 0 fully saturated rings. The average Bonchev–Trinajstić information content (AvgIpc) is 2.81. The molecule has 5 heteroatoms. The van der Waals surface area contributed by atoms with Crippen LogP contribution < -0.4 is 0 Å². The van der Waals surface area contributed by atoms with Crippen LogP contribution in [-0.2, 0) is 0 Å². The van der Waals surface area contributed by atoms with E-state index in [0.29, 0.717) is 27.3 Å². The lowest BCUT2D eigenvalue weighted by Gasteiger charge is -2.10. The molecule has 102 valence electrons. The summed E-state index contributed by atoms with van der Waals surface area (Å²) in [6.45, 7) is 0. The van der Waals surface area contributed by atoms with Gasteiger partial charge in [-0.15, -0.1) is 0 Å². The third kappa shape index (κ3) is 2.46. The minimum atomic E-state index is -0.994. The first kappa shape index (κ1) is 13.6. The largest absolute Gasteiger partial charge is 0.458 e. The molecule has 0 amide bonds. The highest BCUT2D eigenvalue weighted by Crippen LogP contribution is 2.33. The second-order valence-corrected chi connectivity index (χ2v) is 5.72. The zero-order valence-electron chi connectivity index (χ0n) is 10.1. The van der Waals surface area contributed by atoms with E-state index < -0.39 is 6.10 Å². The summed E-state index contributed by atoms with van der Waals surface area (Å²) in [5, 5.41) is 11.4. The number of halogens is 3. The van der Waals surface area contributed by atoms with Gasteiger partial charge in [-0.25, -0.2) is 4.39 Å². The first-order chi connectivity index (χ1) is 9.54. The summed E-state index contributed by atoms with van der Waals surface area (Å²) < 4.78 is 19.5. The molecule has 0 aliphatic heterocycles. The highest BCUT2D eigenvalue weighted by atomic mass is 79.9. The van der Waals surface area contributed by atoms with Gasteiger partial charge in [0.1, 0.15) is 23.3 Å². The van der Waals surface area contributed by atoms with E-state index in [2.05, 4.69) is 15.9 Å². The summed E-state index contributed by atoms with van der Waals surface area (Å²) in [4.78, 5) is 0. The Bertz CT molecular complexity index is 785. The zero-order chi connectivity index (χ0) is 14.3. The van der Waals surface area contributed by atoms with Gasteiger partial charge in [-0.1, -0.05) is 33.6 Å². The lowest BCUT2D eigenvalue weighted by molar-refractivity contribution is 0.192. The Kier molecular flexibility index (Phi) is 3.54. The summed E-state index contributed by atoms with van der Waals surface area (Å²) in [5.41, 5.74) is 1.06. The lowest BCUT2D eigenvalue weighted by Crippen LogP contribution is -1.98. The quantitative estimate of drug-likeness (QED) is 0.696. The van der Waals surface area contributed by atoms with E-state index in [9.17, 15) is 9.50 Å². The molecular weight excluding hydrogens is 347 g/mol. The number of aliphatic hydroxyl groups is 1. The van der Waals surface area contributed by atoms with Gasteiger partial charge in [-0.05, 0) is 36.4 Å². The van der Waals surface area contributed by atoms with E-state index >= 15 is 0 Å². The minimum absolute atomic E-state index is 0.329. The van der Waals surface area contributed by atoms with Gasteiger partial charge in [0.25, 0.3) is 0 Å². The summed E-state index contributed by atoms with van der Waals surface area (Å²) >= 11 is 9.41. The molecule has 1 atom stereocenters. The van der Waals surface area contributed by atoms with Gasteiger partial charge in [0.15, 0.2) is 0 Å². The van der Waals surface area contributed by atoms with Gasteiger partial charge in [-0.3, -0.25) is 0 Å². The van der Waals surface area contributed by atoms with Crippen LogP contribution in [0, 0.1) is 5.82 Å². The molecule has 0 bridgehead atoms. The van der Waals surface area contributed by atoms with Crippen LogP contribution in [0.15, 0.2) is 51.4 Å². The van der Waals surface area contributed by atoms with Crippen LogP contribution >= 0.6 is 27.5 Å². The highest BCUT2D eigenvalue weighted by Gasteiger charge is 2.18. The van der Waals surface area contributed by atoms with E-state index in [0.717, 1.165) is 4.47 Å². The van der Waals surface area contributed by atoms with Crippen LogP contribution in [0.2, 0.25) is 5.02 Å². The van der Waals surface area contributed by atoms with Crippen molar-refractivity contribution in [3.63, 3.8) is 0 Å². The molecule has 3 rings (SSSR count). The van der Waals surface area contributed by atoms with E-state index in [4.69, 9.17) is 16.0 Å². The maximum atomic E-state index is 13.1. The SMILES string of the molecule is OC(c1cc2cc(F)ccc2o1)c1ccc(Br)cc1Cl. The zero-order valence-corrected chi connectivity index (χ0v) is 12.5. The maximum absolute atomic E-state index is 13.1. The molecule has 0 spiro atoms. The number of rotatable bonds is 2. The van der Waals surface area contributed by atoms with E-state index in [1.165, 1.54) is 18.2 Å². The van der Waals surface area contributed by atoms with Crippen LogP contribution in [-0.4, -0.2) is 5.11 Å². The molecule has 0 saturated heterocycles. The standard InChI is InChI=1S/C15H9BrClFO2/c16-9-1-3-11(12(17)7-9)15(19)14-6-8-5-10(18)2-4-13(8)20-14/h1-7,15,19H. The first-order valence-corrected chi connectivity index (χ1v) is 7.04. The number of hydrogen-bond acceptors (Lipinski definition) is 2. The highest BCUT2D eigenvalue weighted by molar-refractivity contribution is 9.10. The minimum Gasteiger partial charge on any atom is -0.458 e. The first-order valence-electron chi connectivity index (χ1n) is 5.86. The van der Waals surface area contributed by atoms with Crippen molar-refractivity contribution in [3.8, 4) is 0 Å². The summed E-state index contributed by atoms with van der Waals surface area (Å²) in [7, 11) is 0. The molecule has 1 unspecified atom stereocenters. The monoisotopic (exact) mass is 354 g/mol. The Hall–Kier alpha value is -1.36. The van der Waals surface area contributed by atoms with Crippen molar-refractivity contribution < 1.29 is 13.9 Å². The molecule has 0 radical (unpaired) electrons. The third-order valence-electron chi connectivity index (χ3n) is 3.02. The van der Waals surface area contributed by atoms with Crippen molar-refractivity contribution in [1.82, 2.24) is 0 Å². The Morgan fingerprint density at radius 3 is 2.70 bits per heavy atom. The fraction of sp³-hybridized carbons (Fsp3) is 0.0667. The van der Waals surface area contributed by atoms with Gasteiger partial charge in [0, 0.05) is 20.4 Å². The van der Waals surface area contributed by atoms with E-state index in [-0.39, 0.29) is 5.82 Å². The lowest BCUT2D eigenvalue weighted by atomic mass is 10.1. The van der Waals surface area contributed by atoms with Crippen molar-refractivity contribution >= 4 is 38.5 Å². The smallest absolute Gasteiger partial charge is 0.138 e. The van der Waals surface area contributed by atoms with Gasteiger partial charge in [0.2, 0.25) is 0 Å². The van der Waals surface area contributed by atoms with Crippen molar-refractivity contribution in [2.45, 2.75) is 6.10 Å².